The lowest BCUT2D eigenvalue weighted by Gasteiger charge is -2.07. The molecule has 1 aromatic carbocycles. The molecule has 0 fully saturated rings. The normalized spacial score (nSPS) is 10.6. The highest BCUT2D eigenvalue weighted by atomic mass is 16.3. The third-order valence-corrected chi connectivity index (χ3v) is 2.62. The first kappa shape index (κ1) is 9.84. The molecule has 1 heterocycles. The lowest BCUT2D eigenvalue weighted by Crippen LogP contribution is -1.92. The summed E-state index contributed by atoms with van der Waals surface area (Å²) < 4.78 is 5.59. The number of furan rings is 1. The topological polar surface area (TPSA) is 39.2 Å². The maximum Gasteiger partial charge on any atom is 0.134 e. The fraction of sp³-hybridized carbons (Fsp3) is 0.231. The van der Waals surface area contributed by atoms with E-state index in [0.717, 1.165) is 28.3 Å². The Labute approximate surface area is 89.7 Å². The van der Waals surface area contributed by atoms with Crippen molar-refractivity contribution in [3.05, 3.63) is 41.2 Å². The number of anilines is 1. The molecule has 2 rings (SSSR count). The Bertz CT molecular complexity index is 497. The fourth-order valence-electron chi connectivity index (χ4n) is 1.71. The number of aryl methyl sites for hydroxylation is 3. The predicted molar refractivity (Wildman–Crippen MR) is 62.8 cm³/mol. The summed E-state index contributed by atoms with van der Waals surface area (Å²) in [6, 6.07) is 8.00. The van der Waals surface area contributed by atoms with Crippen LogP contribution in [0.2, 0.25) is 0 Å². The van der Waals surface area contributed by atoms with Crippen LogP contribution < -0.4 is 5.73 Å². The van der Waals surface area contributed by atoms with E-state index in [9.17, 15) is 0 Å². The first-order valence-electron chi connectivity index (χ1n) is 5.01. The molecule has 0 aliphatic rings. The molecule has 0 amide bonds. The van der Waals surface area contributed by atoms with E-state index in [-0.39, 0.29) is 0 Å². The lowest BCUT2D eigenvalue weighted by molar-refractivity contribution is 0.548. The third-order valence-electron chi connectivity index (χ3n) is 2.62. The van der Waals surface area contributed by atoms with Gasteiger partial charge in [-0.25, -0.2) is 0 Å². The summed E-state index contributed by atoms with van der Waals surface area (Å²) in [7, 11) is 0. The Hall–Kier alpha value is -1.70. The van der Waals surface area contributed by atoms with Gasteiger partial charge in [0.15, 0.2) is 0 Å². The second kappa shape index (κ2) is 3.46. The zero-order chi connectivity index (χ0) is 11.0. The Morgan fingerprint density at radius 1 is 1.00 bits per heavy atom. The predicted octanol–water partition coefficient (Wildman–Crippen LogP) is 3.45. The van der Waals surface area contributed by atoms with Crippen LogP contribution >= 0.6 is 0 Å². The van der Waals surface area contributed by atoms with Gasteiger partial charge in [0.1, 0.15) is 11.5 Å². The van der Waals surface area contributed by atoms with E-state index in [0.29, 0.717) is 0 Å². The molecule has 0 aliphatic heterocycles. The van der Waals surface area contributed by atoms with Crippen LogP contribution in [0.5, 0.6) is 0 Å². The van der Waals surface area contributed by atoms with E-state index >= 15 is 0 Å². The average Bonchev–Trinajstić information content (AvgIpc) is 2.58. The minimum Gasteiger partial charge on any atom is -0.461 e. The van der Waals surface area contributed by atoms with Gasteiger partial charge in [0.05, 0.1) is 0 Å². The maximum atomic E-state index is 5.89. The number of hydrogen-bond acceptors (Lipinski definition) is 2. The summed E-state index contributed by atoms with van der Waals surface area (Å²) in [6.45, 7) is 6.02. The van der Waals surface area contributed by atoms with Gasteiger partial charge in [-0.3, -0.25) is 0 Å². The fourth-order valence-corrected chi connectivity index (χ4v) is 1.71. The van der Waals surface area contributed by atoms with Crippen molar-refractivity contribution in [2.45, 2.75) is 20.8 Å². The van der Waals surface area contributed by atoms with Crippen LogP contribution in [0.4, 0.5) is 5.69 Å². The van der Waals surface area contributed by atoms with E-state index in [4.69, 9.17) is 10.2 Å². The maximum absolute atomic E-state index is 5.89. The first-order chi connectivity index (χ1) is 7.08. The van der Waals surface area contributed by atoms with Gasteiger partial charge in [-0.2, -0.15) is 0 Å². The number of hydrogen-bond donors (Lipinski definition) is 1. The molecule has 2 heteroatoms. The van der Waals surface area contributed by atoms with Crippen molar-refractivity contribution in [3.63, 3.8) is 0 Å². The highest BCUT2D eigenvalue weighted by Crippen LogP contribution is 2.28. The molecule has 0 atom stereocenters. The lowest BCUT2D eigenvalue weighted by atomic mass is 10.0. The molecule has 0 saturated heterocycles. The van der Waals surface area contributed by atoms with Crippen LogP contribution in [0.15, 0.2) is 28.7 Å². The van der Waals surface area contributed by atoms with Crippen LogP contribution in [0, 0.1) is 20.8 Å². The highest BCUT2D eigenvalue weighted by molar-refractivity contribution is 5.68. The third kappa shape index (κ3) is 1.75. The summed E-state index contributed by atoms with van der Waals surface area (Å²) in [5.74, 6) is 1.81. The van der Waals surface area contributed by atoms with Gasteiger partial charge in [0.2, 0.25) is 0 Å². The molecule has 15 heavy (non-hydrogen) atoms. The highest BCUT2D eigenvalue weighted by Gasteiger charge is 2.07. The van der Waals surface area contributed by atoms with Gasteiger partial charge in [0.25, 0.3) is 0 Å². The van der Waals surface area contributed by atoms with E-state index in [2.05, 4.69) is 13.0 Å². The molecular formula is C13H15NO. The monoisotopic (exact) mass is 201 g/mol. The van der Waals surface area contributed by atoms with E-state index in [1.54, 1.807) is 0 Å². The zero-order valence-corrected chi connectivity index (χ0v) is 9.29. The summed E-state index contributed by atoms with van der Waals surface area (Å²) in [6.07, 6.45) is 0. The smallest absolute Gasteiger partial charge is 0.134 e. The van der Waals surface area contributed by atoms with Crippen molar-refractivity contribution in [3.8, 4) is 11.3 Å². The molecule has 2 nitrogen and oxygen atoms in total. The van der Waals surface area contributed by atoms with Crippen LogP contribution in [-0.4, -0.2) is 0 Å². The largest absolute Gasteiger partial charge is 0.461 e. The molecule has 78 valence electrons. The van der Waals surface area contributed by atoms with Crippen molar-refractivity contribution in [2.75, 3.05) is 5.73 Å². The molecule has 0 bridgehead atoms. The van der Waals surface area contributed by atoms with Crippen molar-refractivity contribution >= 4 is 5.69 Å². The van der Waals surface area contributed by atoms with Gasteiger partial charge in [-0.1, -0.05) is 6.07 Å². The first-order valence-corrected chi connectivity index (χ1v) is 5.01. The minimum absolute atomic E-state index is 0.810. The standard InChI is InChI=1S/C13H15NO/c1-8-6-9(2)12(14)7-11(8)13-5-4-10(3)15-13/h4-7H,14H2,1-3H3. The SMILES string of the molecule is Cc1ccc(-c2cc(N)c(C)cc2C)o1. The van der Waals surface area contributed by atoms with Gasteiger partial charge >= 0.3 is 0 Å². The Morgan fingerprint density at radius 3 is 2.33 bits per heavy atom. The number of benzene rings is 1. The molecule has 2 aromatic rings. The Kier molecular flexibility index (Phi) is 2.27. The quantitative estimate of drug-likeness (QED) is 0.718. The summed E-state index contributed by atoms with van der Waals surface area (Å²) >= 11 is 0. The van der Waals surface area contributed by atoms with Crippen molar-refractivity contribution in [1.29, 1.82) is 0 Å². The van der Waals surface area contributed by atoms with Crippen molar-refractivity contribution in [2.24, 2.45) is 0 Å². The average molecular weight is 201 g/mol. The van der Waals surface area contributed by atoms with E-state index < -0.39 is 0 Å². The second-order valence-electron chi connectivity index (χ2n) is 3.93. The molecule has 0 aliphatic carbocycles. The van der Waals surface area contributed by atoms with Gasteiger partial charge in [-0.15, -0.1) is 0 Å². The summed E-state index contributed by atoms with van der Waals surface area (Å²) in [5.41, 5.74) is 10.1. The van der Waals surface area contributed by atoms with Crippen LogP contribution in [0.3, 0.4) is 0 Å². The van der Waals surface area contributed by atoms with Crippen LogP contribution in [0.25, 0.3) is 11.3 Å². The van der Waals surface area contributed by atoms with Gasteiger partial charge in [0, 0.05) is 11.3 Å². The van der Waals surface area contributed by atoms with E-state index in [1.807, 2.05) is 32.0 Å². The molecule has 0 spiro atoms. The van der Waals surface area contributed by atoms with Crippen molar-refractivity contribution < 1.29 is 4.42 Å². The van der Waals surface area contributed by atoms with Gasteiger partial charge in [-0.05, 0) is 50.1 Å². The molecule has 0 saturated carbocycles. The number of nitrogen functional groups attached to an aromatic ring is 1. The number of rotatable bonds is 1. The van der Waals surface area contributed by atoms with Gasteiger partial charge < -0.3 is 10.2 Å². The zero-order valence-electron chi connectivity index (χ0n) is 9.29. The molecule has 1 aromatic heterocycles. The Morgan fingerprint density at radius 2 is 1.73 bits per heavy atom. The molecule has 2 N–H and O–H groups in total. The van der Waals surface area contributed by atoms with Crippen LogP contribution in [-0.2, 0) is 0 Å². The molecule has 0 unspecified atom stereocenters. The minimum atomic E-state index is 0.810. The summed E-state index contributed by atoms with van der Waals surface area (Å²) in [5, 5.41) is 0. The molecule has 0 radical (unpaired) electrons. The van der Waals surface area contributed by atoms with Crippen molar-refractivity contribution in [1.82, 2.24) is 0 Å². The Balaban J connectivity index is 2.58. The molecular weight excluding hydrogens is 186 g/mol. The second-order valence-corrected chi connectivity index (χ2v) is 3.93. The van der Waals surface area contributed by atoms with Crippen LogP contribution in [0.1, 0.15) is 16.9 Å². The summed E-state index contributed by atoms with van der Waals surface area (Å²) in [4.78, 5) is 0. The van der Waals surface area contributed by atoms with E-state index in [1.165, 1.54) is 5.56 Å². The number of nitrogens with two attached hydrogens (primary N) is 1.